The average Bonchev–Trinajstić information content (AvgIpc) is 2.06. The normalized spacial score (nSPS) is 15.9. The average molecular weight is 152 g/mol. The van der Waals surface area contributed by atoms with Crippen LogP contribution in [0.4, 0.5) is 0 Å². The Morgan fingerprint density at radius 2 is 2.36 bits per heavy atom. The Balaban J connectivity index is 2.93. The predicted molar refractivity (Wildman–Crippen MR) is 42.6 cm³/mol. The molecular formula is C7H12N4. The highest BCUT2D eigenvalue weighted by molar-refractivity contribution is 5.08. The summed E-state index contributed by atoms with van der Waals surface area (Å²) in [6.45, 7) is 1.86. The number of nitrogens with two attached hydrogens (primary N) is 1. The van der Waals surface area contributed by atoms with Gasteiger partial charge in [-0.25, -0.2) is 9.97 Å². The third kappa shape index (κ3) is 1.72. The molecule has 0 amide bonds. The fourth-order valence-electron chi connectivity index (χ4n) is 0.726. The largest absolute Gasteiger partial charge is 0.308 e. The Hall–Kier alpha value is -1.00. The summed E-state index contributed by atoms with van der Waals surface area (Å²) in [5.41, 5.74) is 6.06. The van der Waals surface area contributed by atoms with E-state index in [1.165, 1.54) is 6.33 Å². The van der Waals surface area contributed by atoms with Gasteiger partial charge in [0.2, 0.25) is 0 Å². The van der Waals surface area contributed by atoms with Gasteiger partial charge in [0.25, 0.3) is 0 Å². The van der Waals surface area contributed by atoms with Gasteiger partial charge in [-0.05, 0) is 20.0 Å². The van der Waals surface area contributed by atoms with E-state index in [-0.39, 0.29) is 0 Å². The highest BCUT2D eigenvalue weighted by Gasteiger charge is 2.18. The molecule has 0 aliphatic rings. The number of aromatic nitrogens is 2. The standard InChI is InChI=1S/C7H12N4/c1-7(8,9-2)6-3-4-10-5-11-6/h3-5,9H,8H2,1-2H3. The van der Waals surface area contributed by atoms with Crippen molar-refractivity contribution in [3.05, 3.63) is 24.3 Å². The molecule has 0 bridgehead atoms. The summed E-state index contributed by atoms with van der Waals surface area (Å²) in [6, 6.07) is 1.79. The number of nitrogens with zero attached hydrogens (tertiary/aromatic N) is 2. The number of rotatable bonds is 2. The van der Waals surface area contributed by atoms with Gasteiger partial charge in [-0.3, -0.25) is 5.32 Å². The third-order valence-corrected chi connectivity index (χ3v) is 1.63. The Morgan fingerprint density at radius 1 is 1.64 bits per heavy atom. The third-order valence-electron chi connectivity index (χ3n) is 1.63. The van der Waals surface area contributed by atoms with Crippen LogP contribution in [0, 0.1) is 0 Å². The molecule has 0 fully saturated rings. The lowest BCUT2D eigenvalue weighted by atomic mass is 10.1. The molecule has 0 spiro atoms. The van der Waals surface area contributed by atoms with Crippen LogP contribution in [0.1, 0.15) is 12.6 Å². The zero-order valence-electron chi connectivity index (χ0n) is 6.70. The van der Waals surface area contributed by atoms with E-state index in [0.717, 1.165) is 5.69 Å². The summed E-state index contributed by atoms with van der Waals surface area (Å²) in [4.78, 5) is 7.82. The molecule has 0 saturated carbocycles. The van der Waals surface area contributed by atoms with E-state index in [1.807, 2.05) is 6.92 Å². The monoisotopic (exact) mass is 152 g/mol. The quantitative estimate of drug-likeness (QED) is 0.577. The van der Waals surface area contributed by atoms with E-state index in [4.69, 9.17) is 5.73 Å². The lowest BCUT2D eigenvalue weighted by molar-refractivity contribution is 0.404. The molecule has 4 nitrogen and oxygen atoms in total. The lowest BCUT2D eigenvalue weighted by Crippen LogP contribution is -2.46. The minimum absolute atomic E-state index is 0.567. The number of nitrogens with one attached hydrogen (secondary N) is 1. The maximum Gasteiger partial charge on any atom is 0.115 e. The van der Waals surface area contributed by atoms with Crippen molar-refractivity contribution in [2.24, 2.45) is 5.73 Å². The van der Waals surface area contributed by atoms with Crippen LogP contribution in [0.3, 0.4) is 0 Å². The first kappa shape index (κ1) is 8.10. The molecule has 0 aromatic carbocycles. The number of hydrogen-bond donors (Lipinski definition) is 2. The molecule has 1 atom stereocenters. The van der Waals surface area contributed by atoms with Gasteiger partial charge in [0.15, 0.2) is 0 Å². The van der Waals surface area contributed by atoms with E-state index in [9.17, 15) is 0 Å². The smallest absolute Gasteiger partial charge is 0.115 e. The Kier molecular flexibility index (Phi) is 2.16. The molecule has 1 rings (SSSR count). The Morgan fingerprint density at radius 3 is 2.82 bits per heavy atom. The van der Waals surface area contributed by atoms with Crippen LogP contribution in [-0.4, -0.2) is 17.0 Å². The van der Waals surface area contributed by atoms with Crippen LogP contribution in [0.5, 0.6) is 0 Å². The van der Waals surface area contributed by atoms with Gasteiger partial charge in [-0.2, -0.15) is 0 Å². The summed E-state index contributed by atoms with van der Waals surface area (Å²) >= 11 is 0. The minimum Gasteiger partial charge on any atom is -0.308 e. The van der Waals surface area contributed by atoms with Crippen LogP contribution in [-0.2, 0) is 5.66 Å². The second-order valence-electron chi connectivity index (χ2n) is 2.55. The van der Waals surface area contributed by atoms with Crippen molar-refractivity contribution in [1.82, 2.24) is 15.3 Å². The van der Waals surface area contributed by atoms with E-state index in [0.29, 0.717) is 0 Å². The van der Waals surface area contributed by atoms with Gasteiger partial charge < -0.3 is 5.73 Å². The first-order chi connectivity index (χ1) is 5.17. The molecule has 0 radical (unpaired) electrons. The molecule has 1 aromatic heterocycles. The molecule has 0 aliphatic carbocycles. The SMILES string of the molecule is CNC(C)(N)c1ccncn1. The Bertz CT molecular complexity index is 219. The maximum atomic E-state index is 5.84. The van der Waals surface area contributed by atoms with E-state index in [2.05, 4.69) is 15.3 Å². The summed E-state index contributed by atoms with van der Waals surface area (Å²) in [7, 11) is 1.79. The van der Waals surface area contributed by atoms with E-state index in [1.54, 1.807) is 19.3 Å². The second kappa shape index (κ2) is 2.94. The number of hydrogen-bond acceptors (Lipinski definition) is 4. The highest BCUT2D eigenvalue weighted by Crippen LogP contribution is 2.08. The van der Waals surface area contributed by atoms with Crippen molar-refractivity contribution in [2.75, 3.05) is 7.05 Å². The van der Waals surface area contributed by atoms with Crippen LogP contribution in [0.25, 0.3) is 0 Å². The van der Waals surface area contributed by atoms with Gasteiger partial charge >= 0.3 is 0 Å². The summed E-state index contributed by atoms with van der Waals surface area (Å²) < 4.78 is 0. The molecule has 0 saturated heterocycles. The van der Waals surface area contributed by atoms with Crippen molar-refractivity contribution >= 4 is 0 Å². The van der Waals surface area contributed by atoms with Gasteiger partial charge in [0, 0.05) is 6.20 Å². The second-order valence-corrected chi connectivity index (χ2v) is 2.55. The van der Waals surface area contributed by atoms with E-state index >= 15 is 0 Å². The zero-order chi connectivity index (χ0) is 8.32. The predicted octanol–water partition coefficient (Wildman–Crippen LogP) is -0.173. The molecule has 1 unspecified atom stereocenters. The maximum absolute atomic E-state index is 5.84. The van der Waals surface area contributed by atoms with Crippen LogP contribution in [0.2, 0.25) is 0 Å². The van der Waals surface area contributed by atoms with Crippen molar-refractivity contribution in [3.63, 3.8) is 0 Å². The van der Waals surface area contributed by atoms with Crippen molar-refractivity contribution in [2.45, 2.75) is 12.6 Å². The van der Waals surface area contributed by atoms with Crippen molar-refractivity contribution in [1.29, 1.82) is 0 Å². The molecule has 11 heavy (non-hydrogen) atoms. The fourth-order valence-corrected chi connectivity index (χ4v) is 0.726. The molecule has 0 aliphatic heterocycles. The first-order valence-electron chi connectivity index (χ1n) is 3.41. The Labute approximate surface area is 65.9 Å². The molecular weight excluding hydrogens is 140 g/mol. The highest BCUT2D eigenvalue weighted by atomic mass is 15.1. The lowest BCUT2D eigenvalue weighted by Gasteiger charge is -2.22. The topological polar surface area (TPSA) is 63.8 Å². The van der Waals surface area contributed by atoms with E-state index < -0.39 is 5.66 Å². The molecule has 60 valence electrons. The minimum atomic E-state index is -0.567. The van der Waals surface area contributed by atoms with Crippen molar-refractivity contribution in [3.8, 4) is 0 Å². The molecule has 1 heterocycles. The van der Waals surface area contributed by atoms with Gasteiger partial charge in [-0.1, -0.05) is 0 Å². The molecule has 4 heteroatoms. The van der Waals surface area contributed by atoms with Crippen molar-refractivity contribution < 1.29 is 0 Å². The summed E-state index contributed by atoms with van der Waals surface area (Å²) in [5.74, 6) is 0. The van der Waals surface area contributed by atoms with Gasteiger partial charge in [0.1, 0.15) is 12.0 Å². The van der Waals surface area contributed by atoms with Gasteiger partial charge in [0.05, 0.1) is 5.69 Å². The van der Waals surface area contributed by atoms with Crippen LogP contribution >= 0.6 is 0 Å². The zero-order valence-corrected chi connectivity index (χ0v) is 6.70. The van der Waals surface area contributed by atoms with Crippen LogP contribution < -0.4 is 11.1 Å². The summed E-state index contributed by atoms with van der Waals surface area (Å²) in [6.07, 6.45) is 3.16. The molecule has 3 N–H and O–H groups in total. The molecule has 1 aromatic rings. The first-order valence-corrected chi connectivity index (χ1v) is 3.41. The summed E-state index contributed by atoms with van der Waals surface area (Å²) in [5, 5.41) is 2.95. The van der Waals surface area contributed by atoms with Crippen LogP contribution in [0.15, 0.2) is 18.6 Å². The van der Waals surface area contributed by atoms with Gasteiger partial charge in [-0.15, -0.1) is 0 Å². The fraction of sp³-hybridized carbons (Fsp3) is 0.429.